The highest BCUT2D eigenvalue weighted by molar-refractivity contribution is 5.89. The van der Waals surface area contributed by atoms with Gasteiger partial charge in [0, 0.05) is 30.9 Å². The molecular weight excluding hydrogens is 366 g/mol. The summed E-state index contributed by atoms with van der Waals surface area (Å²) in [6.07, 6.45) is 7.77. The molecule has 0 radical (unpaired) electrons. The average Bonchev–Trinajstić information content (AvgIpc) is 3.35. The number of hydrogen-bond donors (Lipinski definition) is 1. The number of nitrogens with one attached hydrogen (secondary N) is 1. The minimum absolute atomic E-state index is 0.0118. The fourth-order valence-corrected chi connectivity index (χ4v) is 4.44. The highest BCUT2D eigenvalue weighted by atomic mass is 16.6. The molecule has 6 nitrogen and oxygen atoms in total. The largest absolute Gasteiger partial charge is 0.324 e. The Morgan fingerprint density at radius 2 is 1.83 bits per heavy atom. The van der Waals surface area contributed by atoms with Gasteiger partial charge in [0.15, 0.2) is 0 Å². The van der Waals surface area contributed by atoms with E-state index in [1.54, 1.807) is 12.1 Å². The zero-order valence-electron chi connectivity index (χ0n) is 16.2. The van der Waals surface area contributed by atoms with Gasteiger partial charge in [0.1, 0.15) is 0 Å². The van der Waals surface area contributed by atoms with Gasteiger partial charge in [-0.3, -0.25) is 10.1 Å². The third-order valence-electron chi connectivity index (χ3n) is 6.00. The Hall–Kier alpha value is -3.15. The number of carbonyl (C=O) groups excluding carboxylic acids is 1. The summed E-state index contributed by atoms with van der Waals surface area (Å²) >= 11 is 0. The lowest BCUT2D eigenvalue weighted by Gasteiger charge is -2.29. The SMILES string of the molecule is O=C(Nc1ccc([N+](=O)[O-])cc1)N(CCc1ccccc1)CC1CC2C=CC1C2. The molecule has 2 amide bonds. The van der Waals surface area contributed by atoms with Crippen LogP contribution in [0, 0.1) is 27.9 Å². The van der Waals surface area contributed by atoms with E-state index >= 15 is 0 Å². The van der Waals surface area contributed by atoms with Gasteiger partial charge < -0.3 is 10.2 Å². The highest BCUT2D eigenvalue weighted by Gasteiger charge is 2.37. The van der Waals surface area contributed by atoms with E-state index in [1.807, 2.05) is 23.1 Å². The normalized spacial score (nSPS) is 21.9. The number of amides is 2. The molecule has 6 heteroatoms. The molecule has 4 rings (SSSR count). The Kier molecular flexibility index (Phi) is 5.60. The van der Waals surface area contributed by atoms with E-state index in [0.717, 1.165) is 19.4 Å². The second kappa shape index (κ2) is 8.47. The lowest BCUT2D eigenvalue weighted by Crippen LogP contribution is -2.40. The van der Waals surface area contributed by atoms with Crippen LogP contribution in [0.1, 0.15) is 18.4 Å². The van der Waals surface area contributed by atoms with Crippen LogP contribution in [-0.2, 0) is 6.42 Å². The molecule has 150 valence electrons. The molecule has 0 saturated heterocycles. The number of nitrogens with zero attached hydrogens (tertiary/aromatic N) is 2. The van der Waals surface area contributed by atoms with Crippen molar-refractivity contribution in [2.45, 2.75) is 19.3 Å². The van der Waals surface area contributed by atoms with E-state index < -0.39 is 4.92 Å². The first kappa shape index (κ1) is 19.2. The van der Waals surface area contributed by atoms with Gasteiger partial charge in [-0.15, -0.1) is 0 Å². The Balaban J connectivity index is 1.43. The molecule has 0 aromatic heterocycles. The molecule has 0 heterocycles. The maximum atomic E-state index is 13.0. The van der Waals surface area contributed by atoms with E-state index in [4.69, 9.17) is 0 Å². The Labute approximate surface area is 170 Å². The molecule has 2 aromatic carbocycles. The fourth-order valence-electron chi connectivity index (χ4n) is 4.44. The number of allylic oxidation sites excluding steroid dienone is 2. The lowest BCUT2D eigenvalue weighted by molar-refractivity contribution is -0.384. The minimum Gasteiger partial charge on any atom is -0.324 e. The molecule has 1 fully saturated rings. The summed E-state index contributed by atoms with van der Waals surface area (Å²) in [5, 5.41) is 13.7. The molecule has 29 heavy (non-hydrogen) atoms. The number of nitro benzene ring substituents is 1. The second-order valence-electron chi connectivity index (χ2n) is 7.96. The van der Waals surface area contributed by atoms with Crippen LogP contribution in [0.15, 0.2) is 66.7 Å². The van der Waals surface area contributed by atoms with Crippen molar-refractivity contribution in [2.24, 2.45) is 17.8 Å². The van der Waals surface area contributed by atoms with Crippen molar-refractivity contribution in [1.29, 1.82) is 0 Å². The van der Waals surface area contributed by atoms with Crippen LogP contribution in [0.5, 0.6) is 0 Å². The van der Waals surface area contributed by atoms with Gasteiger partial charge in [0.2, 0.25) is 0 Å². The van der Waals surface area contributed by atoms with Gasteiger partial charge in [-0.25, -0.2) is 4.79 Å². The maximum Gasteiger partial charge on any atom is 0.321 e. The first-order valence-electron chi connectivity index (χ1n) is 10.1. The third-order valence-corrected chi connectivity index (χ3v) is 6.00. The number of carbonyl (C=O) groups is 1. The predicted molar refractivity (Wildman–Crippen MR) is 113 cm³/mol. The Morgan fingerprint density at radius 3 is 2.45 bits per heavy atom. The van der Waals surface area contributed by atoms with E-state index in [0.29, 0.717) is 30.0 Å². The van der Waals surface area contributed by atoms with Crippen molar-refractivity contribution in [3.05, 3.63) is 82.4 Å². The van der Waals surface area contributed by atoms with E-state index in [2.05, 4.69) is 29.6 Å². The molecule has 2 aliphatic carbocycles. The van der Waals surface area contributed by atoms with Crippen LogP contribution in [0.3, 0.4) is 0 Å². The zero-order chi connectivity index (χ0) is 20.2. The molecule has 3 unspecified atom stereocenters. The topological polar surface area (TPSA) is 75.5 Å². The number of fused-ring (bicyclic) bond motifs is 2. The van der Waals surface area contributed by atoms with E-state index in [-0.39, 0.29) is 11.7 Å². The standard InChI is InChI=1S/C23H25N3O3/c27-23(24-21-8-10-22(11-9-21)26(28)29)25(13-12-17-4-2-1-3-5-17)16-20-15-18-6-7-19(20)14-18/h1-11,18-20H,12-16H2,(H,24,27). The molecule has 0 aliphatic heterocycles. The summed E-state index contributed by atoms with van der Waals surface area (Å²) in [5.74, 6) is 1.74. The summed E-state index contributed by atoms with van der Waals surface area (Å²) in [6.45, 7) is 1.37. The molecule has 0 spiro atoms. The molecule has 2 aromatic rings. The van der Waals surface area contributed by atoms with Crippen molar-refractivity contribution in [3.8, 4) is 0 Å². The number of anilines is 1. The third kappa shape index (κ3) is 4.65. The predicted octanol–water partition coefficient (Wildman–Crippen LogP) is 4.88. The van der Waals surface area contributed by atoms with Crippen molar-refractivity contribution >= 4 is 17.4 Å². The van der Waals surface area contributed by atoms with Crippen LogP contribution in [0.2, 0.25) is 0 Å². The Bertz CT molecular complexity index is 895. The zero-order valence-corrected chi connectivity index (χ0v) is 16.2. The van der Waals surface area contributed by atoms with Crippen LogP contribution in [0.4, 0.5) is 16.2 Å². The molecule has 3 atom stereocenters. The second-order valence-corrected chi connectivity index (χ2v) is 7.96. The van der Waals surface area contributed by atoms with Crippen molar-refractivity contribution in [3.63, 3.8) is 0 Å². The molecule has 2 aliphatic rings. The van der Waals surface area contributed by atoms with Gasteiger partial charge in [0.05, 0.1) is 4.92 Å². The summed E-state index contributed by atoms with van der Waals surface area (Å²) < 4.78 is 0. The van der Waals surface area contributed by atoms with E-state index in [1.165, 1.54) is 24.1 Å². The average molecular weight is 391 g/mol. The molecule has 2 bridgehead atoms. The lowest BCUT2D eigenvalue weighted by atomic mass is 9.93. The van der Waals surface area contributed by atoms with Crippen LogP contribution in [0.25, 0.3) is 0 Å². The molecule has 1 N–H and O–H groups in total. The molecular formula is C23H25N3O3. The summed E-state index contributed by atoms with van der Waals surface area (Å²) in [7, 11) is 0. The highest BCUT2D eigenvalue weighted by Crippen LogP contribution is 2.43. The minimum atomic E-state index is -0.444. The first-order valence-corrected chi connectivity index (χ1v) is 10.1. The summed E-state index contributed by atoms with van der Waals surface area (Å²) in [4.78, 5) is 25.3. The van der Waals surface area contributed by atoms with Gasteiger partial charge in [-0.05, 0) is 54.7 Å². The summed E-state index contributed by atoms with van der Waals surface area (Å²) in [6, 6.07) is 16.0. The van der Waals surface area contributed by atoms with Gasteiger partial charge in [-0.2, -0.15) is 0 Å². The van der Waals surface area contributed by atoms with Gasteiger partial charge in [-0.1, -0.05) is 42.5 Å². The van der Waals surface area contributed by atoms with Crippen molar-refractivity contribution < 1.29 is 9.72 Å². The van der Waals surface area contributed by atoms with Crippen LogP contribution >= 0.6 is 0 Å². The number of nitro groups is 1. The van der Waals surface area contributed by atoms with Crippen molar-refractivity contribution in [2.75, 3.05) is 18.4 Å². The number of urea groups is 1. The maximum absolute atomic E-state index is 13.0. The van der Waals surface area contributed by atoms with Crippen LogP contribution in [-0.4, -0.2) is 28.9 Å². The number of rotatable bonds is 7. The van der Waals surface area contributed by atoms with Gasteiger partial charge in [0.25, 0.3) is 5.69 Å². The number of non-ortho nitro benzene ring substituents is 1. The first-order chi connectivity index (χ1) is 14.1. The number of hydrogen-bond acceptors (Lipinski definition) is 3. The van der Waals surface area contributed by atoms with Crippen molar-refractivity contribution in [1.82, 2.24) is 4.90 Å². The van der Waals surface area contributed by atoms with Gasteiger partial charge >= 0.3 is 6.03 Å². The van der Waals surface area contributed by atoms with E-state index in [9.17, 15) is 14.9 Å². The van der Waals surface area contributed by atoms with Crippen LogP contribution < -0.4 is 5.32 Å². The quantitative estimate of drug-likeness (QED) is 0.415. The number of benzene rings is 2. The summed E-state index contributed by atoms with van der Waals surface area (Å²) in [5.41, 5.74) is 1.78. The molecule has 1 saturated carbocycles. The smallest absolute Gasteiger partial charge is 0.321 e. The fraction of sp³-hybridized carbons (Fsp3) is 0.348. The monoisotopic (exact) mass is 391 g/mol. The Morgan fingerprint density at radius 1 is 1.07 bits per heavy atom.